The summed E-state index contributed by atoms with van der Waals surface area (Å²) in [6.45, 7) is 7.24. The maximum atomic E-state index is 12.4. The van der Waals surface area contributed by atoms with E-state index in [2.05, 4.69) is 18.7 Å². The van der Waals surface area contributed by atoms with Crippen molar-refractivity contribution in [3.05, 3.63) is 23.8 Å². The lowest BCUT2D eigenvalue weighted by Gasteiger charge is -2.25. The van der Waals surface area contributed by atoms with Gasteiger partial charge in [-0.25, -0.2) is 4.79 Å². The second-order valence-electron chi connectivity index (χ2n) is 6.45. The minimum Gasteiger partial charge on any atom is -0.493 e. The van der Waals surface area contributed by atoms with E-state index in [0.29, 0.717) is 36.1 Å². The number of hydrogen-bond donors (Lipinski definition) is 1. The van der Waals surface area contributed by atoms with Crippen LogP contribution in [0.4, 0.5) is 5.69 Å². The largest absolute Gasteiger partial charge is 0.493 e. The number of esters is 1. The molecule has 0 spiro atoms. The van der Waals surface area contributed by atoms with Gasteiger partial charge in [0.1, 0.15) is 17.9 Å². The predicted molar refractivity (Wildman–Crippen MR) is 93.9 cm³/mol. The van der Waals surface area contributed by atoms with Gasteiger partial charge in [0.05, 0.1) is 6.61 Å². The summed E-state index contributed by atoms with van der Waals surface area (Å²) in [5.74, 6) is 0.662. The summed E-state index contributed by atoms with van der Waals surface area (Å²) in [7, 11) is 4.00. The van der Waals surface area contributed by atoms with Crippen molar-refractivity contribution < 1.29 is 14.3 Å². The van der Waals surface area contributed by atoms with Gasteiger partial charge in [0.15, 0.2) is 0 Å². The van der Waals surface area contributed by atoms with Crippen LogP contribution in [0.15, 0.2) is 18.2 Å². The fourth-order valence-corrected chi connectivity index (χ4v) is 2.26. The van der Waals surface area contributed by atoms with Gasteiger partial charge in [-0.15, -0.1) is 0 Å². The van der Waals surface area contributed by atoms with Gasteiger partial charge >= 0.3 is 5.97 Å². The fraction of sp³-hybridized carbons (Fsp3) is 0.611. The second kappa shape index (κ2) is 9.40. The molecule has 0 aliphatic rings. The highest BCUT2D eigenvalue weighted by atomic mass is 16.5. The third kappa shape index (κ3) is 6.48. The van der Waals surface area contributed by atoms with Crippen molar-refractivity contribution >= 4 is 11.7 Å². The van der Waals surface area contributed by atoms with E-state index in [1.54, 1.807) is 18.2 Å². The first kappa shape index (κ1) is 19.3. The zero-order valence-corrected chi connectivity index (χ0v) is 15.0. The van der Waals surface area contributed by atoms with Crippen LogP contribution < -0.4 is 10.5 Å². The molecule has 0 saturated carbocycles. The standard InChI is InChI=1S/C18H30N2O3/c1-6-9-22-17-11-14(19)7-8-16(17)18(21)23-12-15(20(4)5)10-13(2)3/h7-8,11,13,15H,6,9-10,12,19H2,1-5H3/t15-/m1/s1. The van der Waals surface area contributed by atoms with Gasteiger partial charge in [0.2, 0.25) is 0 Å². The molecule has 1 rings (SSSR count). The minimum absolute atomic E-state index is 0.202. The minimum atomic E-state index is -0.369. The Labute approximate surface area is 139 Å². The van der Waals surface area contributed by atoms with E-state index in [4.69, 9.17) is 15.2 Å². The molecule has 0 aromatic heterocycles. The summed E-state index contributed by atoms with van der Waals surface area (Å²) in [6, 6.07) is 5.22. The molecule has 0 saturated heterocycles. The molecule has 0 heterocycles. The number of nitrogens with zero attached hydrogens (tertiary/aromatic N) is 1. The number of likely N-dealkylation sites (N-methyl/N-ethyl adjacent to an activating group) is 1. The molecule has 1 atom stereocenters. The topological polar surface area (TPSA) is 64.8 Å². The third-order valence-electron chi connectivity index (χ3n) is 3.57. The average Bonchev–Trinajstić information content (AvgIpc) is 2.48. The first-order valence-corrected chi connectivity index (χ1v) is 8.21. The van der Waals surface area contributed by atoms with Crippen LogP contribution in [-0.4, -0.2) is 44.2 Å². The highest BCUT2D eigenvalue weighted by molar-refractivity contribution is 5.93. The number of nitrogen functional groups attached to an aromatic ring is 1. The van der Waals surface area contributed by atoms with Gasteiger partial charge in [-0.1, -0.05) is 20.8 Å². The molecule has 0 aliphatic carbocycles. The Morgan fingerprint density at radius 1 is 1.30 bits per heavy atom. The smallest absolute Gasteiger partial charge is 0.341 e. The molecule has 0 amide bonds. The van der Waals surface area contributed by atoms with Crippen LogP contribution in [0.25, 0.3) is 0 Å². The van der Waals surface area contributed by atoms with Crippen molar-refractivity contribution in [3.63, 3.8) is 0 Å². The molecule has 5 nitrogen and oxygen atoms in total. The SMILES string of the molecule is CCCOc1cc(N)ccc1C(=O)OC[C@@H](CC(C)C)N(C)C. The normalized spacial score (nSPS) is 12.5. The highest BCUT2D eigenvalue weighted by Crippen LogP contribution is 2.23. The van der Waals surface area contributed by atoms with Gasteiger partial charge in [-0.05, 0) is 45.0 Å². The number of ether oxygens (including phenoxy) is 2. The van der Waals surface area contributed by atoms with Crippen molar-refractivity contribution in [1.82, 2.24) is 4.90 Å². The fourth-order valence-electron chi connectivity index (χ4n) is 2.26. The van der Waals surface area contributed by atoms with E-state index in [1.807, 2.05) is 21.0 Å². The van der Waals surface area contributed by atoms with Crippen LogP contribution in [-0.2, 0) is 4.74 Å². The van der Waals surface area contributed by atoms with Gasteiger partial charge in [0, 0.05) is 17.8 Å². The molecule has 0 radical (unpaired) electrons. The molecule has 1 aromatic carbocycles. The molecule has 5 heteroatoms. The summed E-state index contributed by atoms with van der Waals surface area (Å²) in [4.78, 5) is 14.5. The Bertz CT molecular complexity index is 501. The zero-order chi connectivity index (χ0) is 17.4. The van der Waals surface area contributed by atoms with Crippen LogP contribution in [0.3, 0.4) is 0 Å². The molecule has 23 heavy (non-hydrogen) atoms. The molecule has 130 valence electrons. The number of nitrogens with two attached hydrogens (primary N) is 1. The first-order valence-electron chi connectivity index (χ1n) is 8.21. The van der Waals surface area contributed by atoms with Gasteiger partial charge in [-0.2, -0.15) is 0 Å². The average molecular weight is 322 g/mol. The van der Waals surface area contributed by atoms with Crippen LogP contribution in [0.1, 0.15) is 44.0 Å². The summed E-state index contributed by atoms with van der Waals surface area (Å²) < 4.78 is 11.1. The lowest BCUT2D eigenvalue weighted by Crippen LogP contribution is -2.34. The van der Waals surface area contributed by atoms with E-state index < -0.39 is 0 Å². The molecular formula is C18H30N2O3. The van der Waals surface area contributed by atoms with Crippen molar-refractivity contribution in [2.24, 2.45) is 5.92 Å². The van der Waals surface area contributed by atoms with Crippen molar-refractivity contribution in [1.29, 1.82) is 0 Å². The number of anilines is 1. The Kier molecular flexibility index (Phi) is 7.89. The molecule has 0 aliphatic heterocycles. The Morgan fingerprint density at radius 2 is 2.00 bits per heavy atom. The Hall–Kier alpha value is -1.75. The van der Waals surface area contributed by atoms with E-state index in [0.717, 1.165) is 12.8 Å². The monoisotopic (exact) mass is 322 g/mol. The molecular weight excluding hydrogens is 292 g/mol. The second-order valence-corrected chi connectivity index (χ2v) is 6.45. The number of carbonyl (C=O) groups excluding carboxylic acids is 1. The molecule has 0 unspecified atom stereocenters. The molecule has 2 N–H and O–H groups in total. The lowest BCUT2D eigenvalue weighted by molar-refractivity contribution is 0.0375. The summed E-state index contributed by atoms with van der Waals surface area (Å²) in [6.07, 6.45) is 1.83. The van der Waals surface area contributed by atoms with Crippen LogP contribution in [0.5, 0.6) is 5.75 Å². The lowest BCUT2D eigenvalue weighted by atomic mass is 10.0. The third-order valence-corrected chi connectivity index (χ3v) is 3.57. The predicted octanol–water partition coefficient (Wildman–Crippen LogP) is 3.19. The number of rotatable bonds is 9. The van der Waals surface area contributed by atoms with Crippen molar-refractivity contribution in [2.75, 3.05) is 33.0 Å². The van der Waals surface area contributed by atoms with E-state index in [9.17, 15) is 4.79 Å². The number of hydrogen-bond acceptors (Lipinski definition) is 5. The van der Waals surface area contributed by atoms with Crippen LogP contribution in [0.2, 0.25) is 0 Å². The number of benzene rings is 1. The van der Waals surface area contributed by atoms with Gasteiger partial charge < -0.3 is 20.1 Å². The van der Waals surface area contributed by atoms with Gasteiger partial charge in [0.25, 0.3) is 0 Å². The number of carbonyl (C=O) groups is 1. The Morgan fingerprint density at radius 3 is 2.57 bits per heavy atom. The molecule has 0 fully saturated rings. The summed E-state index contributed by atoms with van der Waals surface area (Å²) in [5.41, 5.74) is 6.77. The highest BCUT2D eigenvalue weighted by Gasteiger charge is 2.19. The maximum absolute atomic E-state index is 12.4. The van der Waals surface area contributed by atoms with Crippen molar-refractivity contribution in [2.45, 2.75) is 39.7 Å². The van der Waals surface area contributed by atoms with E-state index in [-0.39, 0.29) is 12.0 Å². The van der Waals surface area contributed by atoms with Crippen LogP contribution in [0, 0.1) is 5.92 Å². The Balaban J connectivity index is 2.76. The van der Waals surface area contributed by atoms with Gasteiger partial charge in [-0.3, -0.25) is 0 Å². The summed E-state index contributed by atoms with van der Waals surface area (Å²) >= 11 is 0. The summed E-state index contributed by atoms with van der Waals surface area (Å²) in [5, 5.41) is 0. The quantitative estimate of drug-likeness (QED) is 0.559. The maximum Gasteiger partial charge on any atom is 0.341 e. The first-order chi connectivity index (χ1) is 10.8. The molecule has 0 bridgehead atoms. The zero-order valence-electron chi connectivity index (χ0n) is 15.0. The molecule has 1 aromatic rings. The van der Waals surface area contributed by atoms with E-state index >= 15 is 0 Å². The van der Waals surface area contributed by atoms with E-state index in [1.165, 1.54) is 0 Å². The van der Waals surface area contributed by atoms with Crippen LogP contribution >= 0.6 is 0 Å². The van der Waals surface area contributed by atoms with Crippen molar-refractivity contribution in [3.8, 4) is 5.75 Å².